The van der Waals surface area contributed by atoms with Gasteiger partial charge in [0, 0.05) is 55.5 Å². The highest BCUT2D eigenvalue weighted by Gasteiger charge is 2.27. The average Bonchev–Trinajstić information content (AvgIpc) is 3.95. The van der Waals surface area contributed by atoms with Crippen LogP contribution < -0.4 is 22.1 Å². The molecule has 3 aliphatic heterocycles. The number of aliphatic hydroxyl groups is 2. The van der Waals surface area contributed by atoms with Gasteiger partial charge in [-0.3, -0.25) is 19.2 Å². The third kappa shape index (κ3) is 11.6. The Morgan fingerprint density at radius 3 is 1.87 bits per heavy atom. The lowest BCUT2D eigenvalue weighted by Crippen LogP contribution is -2.40. The topological polar surface area (TPSA) is 239 Å². The second-order valence-electron chi connectivity index (χ2n) is 14.3. The minimum atomic E-state index is -0.722. The molecule has 4 aliphatic rings. The van der Waals surface area contributed by atoms with Crippen LogP contribution in [0.2, 0.25) is 0 Å². The maximum atomic E-state index is 14.0. The molecular formula is C43H46FN9O7. The predicted molar refractivity (Wildman–Crippen MR) is 221 cm³/mol. The molecule has 2 aromatic carbocycles. The van der Waals surface area contributed by atoms with Gasteiger partial charge in [0.05, 0.1) is 42.5 Å². The van der Waals surface area contributed by atoms with Crippen molar-refractivity contribution >= 4 is 35.0 Å². The second kappa shape index (κ2) is 20.2. The van der Waals surface area contributed by atoms with Gasteiger partial charge in [0.25, 0.3) is 23.6 Å². The molecule has 1 aliphatic carbocycles. The van der Waals surface area contributed by atoms with Crippen LogP contribution in [0.25, 0.3) is 22.6 Å². The number of aromatic nitrogens is 3. The van der Waals surface area contributed by atoms with Crippen molar-refractivity contribution in [1.29, 1.82) is 0 Å². The normalized spacial score (nSPS) is 17.9. The minimum absolute atomic E-state index is 0.0555. The van der Waals surface area contributed by atoms with Crippen molar-refractivity contribution in [1.82, 2.24) is 24.8 Å². The van der Waals surface area contributed by atoms with Gasteiger partial charge in [-0.2, -0.15) is 0 Å². The monoisotopic (exact) mass is 819 g/mol. The molecule has 0 bridgehead atoms. The van der Waals surface area contributed by atoms with Crippen LogP contribution in [0.5, 0.6) is 0 Å². The molecule has 8 rings (SSSR count). The van der Waals surface area contributed by atoms with Crippen LogP contribution in [0, 0.1) is 30.5 Å². The molecule has 0 unspecified atom stereocenters. The number of carbonyl (C=O) groups is 4. The van der Waals surface area contributed by atoms with Crippen molar-refractivity contribution in [2.24, 2.45) is 11.5 Å². The van der Waals surface area contributed by atoms with Crippen LogP contribution in [-0.2, 0) is 14.3 Å². The average molecular weight is 820 g/mol. The van der Waals surface area contributed by atoms with E-state index in [1.54, 1.807) is 38.5 Å². The summed E-state index contributed by atoms with van der Waals surface area (Å²) < 4.78 is 19.1. The van der Waals surface area contributed by atoms with Crippen molar-refractivity contribution in [2.45, 2.75) is 50.0 Å². The molecule has 8 N–H and O–H groups in total. The van der Waals surface area contributed by atoms with E-state index < -0.39 is 29.8 Å². The largest absolute Gasteiger partial charge is 0.383 e. The summed E-state index contributed by atoms with van der Waals surface area (Å²) in [6.45, 7) is 2.50. The Balaban J connectivity index is 0.000000168. The van der Waals surface area contributed by atoms with Crippen molar-refractivity contribution in [3.8, 4) is 47.3 Å². The van der Waals surface area contributed by atoms with Crippen LogP contribution in [0.15, 0.2) is 60.8 Å². The van der Waals surface area contributed by atoms with Gasteiger partial charge in [0.15, 0.2) is 17.2 Å². The first-order valence-corrected chi connectivity index (χ1v) is 19.0. The number of ether oxygens (including phenoxy) is 1. The number of hydrogen-bond donors (Lipinski definition) is 6. The lowest BCUT2D eigenvalue weighted by atomic mass is 10.1. The summed E-state index contributed by atoms with van der Waals surface area (Å²) in [5.41, 5.74) is 14.7. The van der Waals surface area contributed by atoms with Gasteiger partial charge in [0.2, 0.25) is 0 Å². The number of benzene rings is 2. The van der Waals surface area contributed by atoms with Gasteiger partial charge in [-0.25, -0.2) is 19.3 Å². The predicted octanol–water partition coefficient (Wildman–Crippen LogP) is 2.00. The fraction of sp³-hybridized carbons (Fsp3) is 0.326. The summed E-state index contributed by atoms with van der Waals surface area (Å²) in [7, 11) is 3.39. The number of carbonyl (C=O) groups excluding carboxylic acids is 4. The Kier molecular flexibility index (Phi) is 14.9. The number of rotatable bonds is 8. The SMILES string of the molecule is C#Cc1ccc(F)c(-c2ccc(NC3COC3)c(C(N)=O)n2)c1.C#Cc1cccc(-c2ncc(NC3CC3)c(C(N)=O)n2)c1.CN1CC[C@H](O)C1=O.CN1CC[C@H](O)C1=O. The molecule has 2 atom stereocenters. The smallest absolute Gasteiger partial charge is 0.269 e. The van der Waals surface area contributed by atoms with Crippen LogP contribution in [0.1, 0.15) is 57.8 Å². The maximum Gasteiger partial charge on any atom is 0.269 e. The summed E-state index contributed by atoms with van der Waals surface area (Å²) in [6.07, 6.45) is 14.2. The van der Waals surface area contributed by atoms with Gasteiger partial charge in [0.1, 0.15) is 18.0 Å². The van der Waals surface area contributed by atoms with Crippen LogP contribution >= 0.6 is 0 Å². The summed E-state index contributed by atoms with van der Waals surface area (Å²) in [5.74, 6) is 3.40. The van der Waals surface area contributed by atoms with E-state index in [4.69, 9.17) is 39.3 Å². The number of nitrogens with one attached hydrogen (secondary N) is 2. The van der Waals surface area contributed by atoms with Gasteiger partial charge in [-0.1, -0.05) is 24.0 Å². The van der Waals surface area contributed by atoms with E-state index >= 15 is 0 Å². The van der Waals surface area contributed by atoms with E-state index in [9.17, 15) is 23.6 Å². The standard InChI is InChI=1S/C17H14FN3O2.C16H14N4O.2C5H9NO2/c1-2-10-3-4-13(18)12(7-10)14-5-6-15(16(21-14)17(19)22)20-11-8-23-9-11;1-2-10-4-3-5-11(8-10)16-18-9-13(19-12-6-7-12)14(20-16)15(17)21;2*1-6-3-2-4(7)5(6)8/h1,3-7,11,20H,8-9H2,(H2,19,22);1,3-5,8-9,12,19H,6-7H2,(H2,17,21);2*4,7H,2-3H2,1H3/t;;2*4-/m..00/s1. The highest BCUT2D eigenvalue weighted by Crippen LogP contribution is 2.28. The molecule has 60 heavy (non-hydrogen) atoms. The van der Waals surface area contributed by atoms with E-state index in [1.807, 2.05) is 18.2 Å². The molecule has 4 fully saturated rings. The first-order chi connectivity index (χ1) is 28.7. The summed E-state index contributed by atoms with van der Waals surface area (Å²) in [5, 5.41) is 23.9. The zero-order chi connectivity index (χ0) is 43.5. The third-order valence-electron chi connectivity index (χ3n) is 9.58. The molecule has 1 saturated carbocycles. The van der Waals surface area contributed by atoms with E-state index in [0.29, 0.717) is 73.6 Å². The Labute approximate surface area is 346 Å². The van der Waals surface area contributed by atoms with E-state index in [2.05, 4.69) is 37.4 Å². The number of terminal acetylenes is 2. The van der Waals surface area contributed by atoms with Crippen molar-refractivity contribution in [3.05, 3.63) is 89.1 Å². The van der Waals surface area contributed by atoms with E-state index in [0.717, 1.165) is 24.0 Å². The Morgan fingerprint density at radius 1 is 0.800 bits per heavy atom. The molecule has 5 heterocycles. The van der Waals surface area contributed by atoms with Gasteiger partial charge in [-0.15, -0.1) is 12.8 Å². The van der Waals surface area contributed by atoms with Crippen molar-refractivity contribution in [3.63, 3.8) is 0 Å². The Hall–Kier alpha value is -6.92. The van der Waals surface area contributed by atoms with Crippen LogP contribution in [0.3, 0.4) is 0 Å². The zero-order valence-electron chi connectivity index (χ0n) is 33.1. The summed E-state index contributed by atoms with van der Waals surface area (Å²) in [4.78, 5) is 60.3. The maximum absolute atomic E-state index is 14.0. The molecule has 17 heteroatoms. The number of halogens is 1. The fourth-order valence-corrected chi connectivity index (χ4v) is 5.88. The quantitative estimate of drug-likeness (QED) is 0.140. The molecular weight excluding hydrogens is 774 g/mol. The first-order valence-electron chi connectivity index (χ1n) is 19.0. The van der Waals surface area contributed by atoms with Crippen molar-refractivity contribution < 1.29 is 38.5 Å². The number of likely N-dealkylation sites (tertiary alicyclic amines) is 2. The number of hydrogen-bond acceptors (Lipinski definition) is 12. The number of aliphatic hydroxyl groups excluding tert-OH is 2. The highest BCUT2D eigenvalue weighted by atomic mass is 19.1. The van der Waals surface area contributed by atoms with E-state index in [1.165, 1.54) is 28.0 Å². The minimum Gasteiger partial charge on any atom is -0.383 e. The summed E-state index contributed by atoms with van der Waals surface area (Å²) >= 11 is 0. The van der Waals surface area contributed by atoms with Gasteiger partial charge < -0.3 is 46.9 Å². The zero-order valence-corrected chi connectivity index (χ0v) is 33.1. The van der Waals surface area contributed by atoms with Crippen LogP contribution in [0.4, 0.5) is 15.8 Å². The molecule has 16 nitrogen and oxygen atoms in total. The fourth-order valence-electron chi connectivity index (χ4n) is 5.88. The molecule has 2 aromatic heterocycles. The molecule has 3 saturated heterocycles. The number of likely N-dealkylation sites (N-methyl/N-ethyl adjacent to an activating group) is 2. The molecule has 4 aromatic rings. The van der Waals surface area contributed by atoms with Gasteiger partial charge in [-0.05, 0) is 68.1 Å². The molecule has 0 radical (unpaired) electrons. The number of nitrogens with two attached hydrogens (primary N) is 2. The van der Waals surface area contributed by atoms with Crippen molar-refractivity contribution in [2.75, 3.05) is 51.0 Å². The number of nitrogens with zero attached hydrogens (tertiary/aromatic N) is 5. The number of primary amides is 2. The van der Waals surface area contributed by atoms with Gasteiger partial charge >= 0.3 is 0 Å². The van der Waals surface area contributed by atoms with Crippen LogP contribution in [-0.4, -0.2) is 123 Å². The molecule has 312 valence electrons. The Bertz CT molecular complexity index is 2270. The lowest BCUT2D eigenvalue weighted by Gasteiger charge is -2.28. The lowest BCUT2D eigenvalue weighted by molar-refractivity contribution is -0.133. The number of pyridine rings is 1. The Morgan fingerprint density at radius 2 is 1.38 bits per heavy atom. The van der Waals surface area contributed by atoms with E-state index in [-0.39, 0.29) is 34.8 Å². The number of anilines is 2. The highest BCUT2D eigenvalue weighted by molar-refractivity contribution is 5.97. The molecule has 0 spiro atoms. The first kappa shape index (κ1) is 44.2. The summed E-state index contributed by atoms with van der Waals surface area (Å²) in [6, 6.07) is 15.3. The third-order valence-corrected chi connectivity index (χ3v) is 9.58. The number of amides is 4. The second-order valence-corrected chi connectivity index (χ2v) is 14.3. The molecule has 4 amide bonds.